The number of aliphatic hydroxyl groups excluding tert-OH is 1. The van der Waals surface area contributed by atoms with Crippen LogP contribution in [0.5, 0.6) is 0 Å². The fourth-order valence-electron chi connectivity index (χ4n) is 1.74. The zero-order chi connectivity index (χ0) is 13.1. The number of hydrogen-bond acceptors (Lipinski definition) is 3. The minimum atomic E-state index is -0.476. The van der Waals surface area contributed by atoms with Gasteiger partial charge in [0.2, 0.25) is 0 Å². The second-order valence-electron chi connectivity index (χ2n) is 4.69. The molecule has 0 saturated heterocycles. The Morgan fingerprint density at radius 2 is 2.17 bits per heavy atom. The fraction of sp³-hybridized carbons (Fsp3) is 0.538. The van der Waals surface area contributed by atoms with Gasteiger partial charge in [-0.3, -0.25) is 9.36 Å². The van der Waals surface area contributed by atoms with E-state index in [0.717, 1.165) is 17.7 Å². The van der Waals surface area contributed by atoms with Gasteiger partial charge in [0.25, 0.3) is 0 Å². The molecule has 0 aliphatic carbocycles. The van der Waals surface area contributed by atoms with E-state index < -0.39 is 6.10 Å². The van der Waals surface area contributed by atoms with Crippen LogP contribution in [0.25, 0.3) is 0 Å². The Morgan fingerprint density at radius 1 is 1.39 bits per heavy atom. The molecule has 98 valence electrons. The van der Waals surface area contributed by atoms with Crippen molar-refractivity contribution >= 4 is 0 Å². The van der Waals surface area contributed by atoms with Crippen molar-refractivity contribution in [2.24, 2.45) is 0 Å². The second kappa shape index (κ2) is 5.35. The summed E-state index contributed by atoms with van der Waals surface area (Å²) in [6.07, 6.45) is 6.14. The highest BCUT2D eigenvalue weighted by molar-refractivity contribution is 5.08. The van der Waals surface area contributed by atoms with E-state index in [1.165, 1.54) is 0 Å². The lowest BCUT2D eigenvalue weighted by molar-refractivity contribution is 0.199. The summed E-state index contributed by atoms with van der Waals surface area (Å²) in [4.78, 5) is 0. The van der Waals surface area contributed by atoms with E-state index in [1.807, 2.05) is 23.1 Å². The van der Waals surface area contributed by atoms with Gasteiger partial charge in [0.05, 0.1) is 24.5 Å². The molecule has 2 atom stereocenters. The normalized spacial score (nSPS) is 14.7. The number of aliphatic hydroxyl groups is 1. The van der Waals surface area contributed by atoms with E-state index in [4.69, 9.17) is 0 Å². The summed E-state index contributed by atoms with van der Waals surface area (Å²) in [6.45, 7) is 6.67. The Balaban J connectivity index is 2.06. The van der Waals surface area contributed by atoms with Crippen molar-refractivity contribution < 1.29 is 5.11 Å². The second-order valence-corrected chi connectivity index (χ2v) is 4.69. The Morgan fingerprint density at radius 3 is 2.78 bits per heavy atom. The van der Waals surface area contributed by atoms with Gasteiger partial charge in [-0.1, -0.05) is 6.92 Å². The van der Waals surface area contributed by atoms with Crippen molar-refractivity contribution in [1.82, 2.24) is 19.6 Å². The first kappa shape index (κ1) is 12.8. The molecule has 1 N–H and O–H groups in total. The number of aromatic nitrogens is 4. The smallest absolute Gasteiger partial charge is 0.0849 e. The predicted molar refractivity (Wildman–Crippen MR) is 69.2 cm³/mol. The lowest BCUT2D eigenvalue weighted by Crippen LogP contribution is -2.06. The van der Waals surface area contributed by atoms with Crippen LogP contribution in [0.1, 0.15) is 50.6 Å². The molecule has 0 aliphatic rings. The molecular formula is C13H20N4O. The third kappa shape index (κ3) is 2.79. The van der Waals surface area contributed by atoms with Crippen LogP contribution in [0, 0.1) is 0 Å². The van der Waals surface area contributed by atoms with Crippen LogP contribution in [0.3, 0.4) is 0 Å². The van der Waals surface area contributed by atoms with Gasteiger partial charge in [0, 0.05) is 24.0 Å². The SMILES string of the molecule is CCC(C)n1ccc(Cn2cc(C(C)O)cn2)n1. The topological polar surface area (TPSA) is 55.9 Å². The van der Waals surface area contributed by atoms with Gasteiger partial charge in [-0.15, -0.1) is 0 Å². The Hall–Kier alpha value is -1.62. The molecule has 2 rings (SSSR count). The molecule has 0 aliphatic heterocycles. The third-order valence-corrected chi connectivity index (χ3v) is 3.17. The third-order valence-electron chi connectivity index (χ3n) is 3.17. The van der Waals surface area contributed by atoms with Crippen LogP contribution in [0.15, 0.2) is 24.7 Å². The quantitative estimate of drug-likeness (QED) is 0.882. The number of nitrogens with zero attached hydrogens (tertiary/aromatic N) is 4. The van der Waals surface area contributed by atoms with Crippen molar-refractivity contribution in [3.63, 3.8) is 0 Å². The zero-order valence-electron chi connectivity index (χ0n) is 11.1. The molecule has 2 heterocycles. The summed E-state index contributed by atoms with van der Waals surface area (Å²) < 4.78 is 3.78. The lowest BCUT2D eigenvalue weighted by atomic mass is 10.2. The Kier molecular flexibility index (Phi) is 3.81. The summed E-state index contributed by atoms with van der Waals surface area (Å²) in [5.74, 6) is 0. The zero-order valence-corrected chi connectivity index (χ0v) is 11.1. The van der Waals surface area contributed by atoms with Crippen LogP contribution in [0.4, 0.5) is 0 Å². The minimum Gasteiger partial charge on any atom is -0.389 e. The van der Waals surface area contributed by atoms with E-state index in [2.05, 4.69) is 24.0 Å². The maximum absolute atomic E-state index is 9.44. The lowest BCUT2D eigenvalue weighted by Gasteiger charge is -2.08. The first-order valence-corrected chi connectivity index (χ1v) is 6.34. The van der Waals surface area contributed by atoms with E-state index in [9.17, 15) is 5.11 Å². The Labute approximate surface area is 107 Å². The summed E-state index contributed by atoms with van der Waals surface area (Å²) >= 11 is 0. The molecule has 5 heteroatoms. The minimum absolute atomic E-state index is 0.421. The molecule has 0 amide bonds. The molecule has 0 spiro atoms. The maximum Gasteiger partial charge on any atom is 0.0849 e. The Bertz CT molecular complexity index is 501. The van der Waals surface area contributed by atoms with Gasteiger partial charge in [-0.2, -0.15) is 10.2 Å². The first-order chi connectivity index (χ1) is 8.60. The van der Waals surface area contributed by atoms with E-state index in [1.54, 1.807) is 17.8 Å². The van der Waals surface area contributed by atoms with Gasteiger partial charge in [0.1, 0.15) is 0 Å². The highest BCUT2D eigenvalue weighted by Crippen LogP contribution is 2.12. The van der Waals surface area contributed by atoms with Crippen LogP contribution in [-0.2, 0) is 6.54 Å². The summed E-state index contributed by atoms with van der Waals surface area (Å²) in [5.41, 5.74) is 1.81. The molecule has 0 aromatic carbocycles. The highest BCUT2D eigenvalue weighted by Gasteiger charge is 2.07. The monoisotopic (exact) mass is 248 g/mol. The molecule has 0 bridgehead atoms. The molecule has 18 heavy (non-hydrogen) atoms. The highest BCUT2D eigenvalue weighted by atomic mass is 16.3. The van der Waals surface area contributed by atoms with Gasteiger partial charge < -0.3 is 5.11 Å². The van der Waals surface area contributed by atoms with E-state index >= 15 is 0 Å². The van der Waals surface area contributed by atoms with E-state index in [-0.39, 0.29) is 0 Å². The van der Waals surface area contributed by atoms with Gasteiger partial charge in [0.15, 0.2) is 0 Å². The fourth-order valence-corrected chi connectivity index (χ4v) is 1.74. The summed E-state index contributed by atoms with van der Waals surface area (Å²) in [7, 11) is 0. The molecule has 0 fully saturated rings. The van der Waals surface area contributed by atoms with Gasteiger partial charge in [-0.25, -0.2) is 0 Å². The average Bonchev–Trinajstić information content (AvgIpc) is 2.98. The average molecular weight is 248 g/mol. The summed E-state index contributed by atoms with van der Waals surface area (Å²) in [6, 6.07) is 2.43. The van der Waals surface area contributed by atoms with Crippen molar-refractivity contribution in [3.05, 3.63) is 35.9 Å². The molecule has 2 aromatic rings. The molecular weight excluding hydrogens is 228 g/mol. The number of rotatable bonds is 5. The molecule has 2 unspecified atom stereocenters. The van der Waals surface area contributed by atoms with Crippen LogP contribution >= 0.6 is 0 Å². The largest absolute Gasteiger partial charge is 0.389 e. The first-order valence-electron chi connectivity index (χ1n) is 6.34. The van der Waals surface area contributed by atoms with Crippen molar-refractivity contribution in [3.8, 4) is 0 Å². The van der Waals surface area contributed by atoms with E-state index in [0.29, 0.717) is 12.6 Å². The summed E-state index contributed by atoms with van der Waals surface area (Å²) in [5, 5.41) is 18.2. The van der Waals surface area contributed by atoms with Crippen LogP contribution in [0.2, 0.25) is 0 Å². The molecule has 0 saturated carbocycles. The van der Waals surface area contributed by atoms with Crippen LogP contribution in [-0.4, -0.2) is 24.7 Å². The van der Waals surface area contributed by atoms with Crippen molar-refractivity contribution in [1.29, 1.82) is 0 Å². The van der Waals surface area contributed by atoms with Crippen molar-refractivity contribution in [2.45, 2.75) is 45.9 Å². The van der Waals surface area contributed by atoms with Gasteiger partial charge in [-0.05, 0) is 26.3 Å². The molecule has 2 aromatic heterocycles. The van der Waals surface area contributed by atoms with Gasteiger partial charge >= 0.3 is 0 Å². The maximum atomic E-state index is 9.44. The van der Waals surface area contributed by atoms with Crippen LogP contribution < -0.4 is 0 Å². The predicted octanol–water partition coefficient (Wildman–Crippen LogP) is 2.15. The standard InChI is InChI=1S/C13H20N4O/c1-4-10(2)17-6-5-13(15-17)9-16-8-12(7-14-16)11(3)18/h5-8,10-11,18H,4,9H2,1-3H3. The number of hydrogen-bond donors (Lipinski definition) is 1. The van der Waals surface area contributed by atoms with Crippen molar-refractivity contribution in [2.75, 3.05) is 0 Å². The molecule has 0 radical (unpaired) electrons. The molecule has 5 nitrogen and oxygen atoms in total.